The summed E-state index contributed by atoms with van der Waals surface area (Å²) in [6.07, 6.45) is 0.128. The third-order valence-corrected chi connectivity index (χ3v) is 5.50. The molecule has 1 aliphatic rings. The fourth-order valence-corrected chi connectivity index (χ4v) is 4.16. The van der Waals surface area contributed by atoms with E-state index in [-0.39, 0.29) is 22.2 Å². The molecular weight excluding hydrogens is 352 g/mol. The van der Waals surface area contributed by atoms with Gasteiger partial charge in [0.05, 0.1) is 24.2 Å². The molecule has 2 aromatic carbocycles. The van der Waals surface area contributed by atoms with Crippen molar-refractivity contribution in [2.75, 3.05) is 17.1 Å². The molecule has 1 aliphatic heterocycles. The molecular formula is C16H15ClN2O4S. The number of ether oxygens (including phenoxy) is 1. The van der Waals surface area contributed by atoms with Crippen molar-refractivity contribution >= 4 is 38.9 Å². The molecule has 24 heavy (non-hydrogen) atoms. The molecule has 0 bridgehead atoms. The van der Waals surface area contributed by atoms with Gasteiger partial charge in [0.15, 0.2) is 0 Å². The molecule has 6 nitrogen and oxygen atoms in total. The lowest BCUT2D eigenvalue weighted by Crippen LogP contribution is -2.14. The number of hydrogen-bond acceptors (Lipinski definition) is 4. The van der Waals surface area contributed by atoms with E-state index < -0.39 is 10.0 Å². The van der Waals surface area contributed by atoms with Crippen LogP contribution in [0.3, 0.4) is 0 Å². The molecule has 0 saturated carbocycles. The van der Waals surface area contributed by atoms with Gasteiger partial charge in [0.1, 0.15) is 10.6 Å². The second-order valence-electron chi connectivity index (χ2n) is 5.47. The zero-order valence-electron chi connectivity index (χ0n) is 13.0. The number of nitrogens with one attached hydrogen (secondary N) is 2. The summed E-state index contributed by atoms with van der Waals surface area (Å²) in [4.78, 5) is 11.4. The van der Waals surface area contributed by atoms with Crippen molar-refractivity contribution in [2.24, 2.45) is 0 Å². The lowest BCUT2D eigenvalue weighted by atomic mass is 10.2. The predicted molar refractivity (Wildman–Crippen MR) is 92.3 cm³/mol. The summed E-state index contributed by atoms with van der Waals surface area (Å²) < 4.78 is 33.1. The molecule has 0 fully saturated rings. The van der Waals surface area contributed by atoms with E-state index in [0.717, 1.165) is 5.56 Å². The summed E-state index contributed by atoms with van der Waals surface area (Å²) in [7, 11) is -2.47. The fraction of sp³-hybridized carbons (Fsp3) is 0.188. The van der Waals surface area contributed by atoms with Gasteiger partial charge in [-0.1, -0.05) is 17.7 Å². The van der Waals surface area contributed by atoms with Gasteiger partial charge >= 0.3 is 0 Å². The largest absolute Gasteiger partial charge is 0.495 e. The van der Waals surface area contributed by atoms with Crippen molar-refractivity contribution in [2.45, 2.75) is 18.2 Å². The van der Waals surface area contributed by atoms with Crippen LogP contribution >= 0.6 is 11.6 Å². The van der Waals surface area contributed by atoms with E-state index in [0.29, 0.717) is 22.7 Å². The third kappa shape index (κ3) is 3.05. The van der Waals surface area contributed by atoms with Gasteiger partial charge in [-0.2, -0.15) is 0 Å². The Labute approximate surface area is 144 Å². The van der Waals surface area contributed by atoms with E-state index in [9.17, 15) is 13.2 Å². The highest BCUT2D eigenvalue weighted by Crippen LogP contribution is 2.34. The molecule has 2 N–H and O–H groups in total. The molecule has 0 radical (unpaired) electrons. The summed E-state index contributed by atoms with van der Waals surface area (Å²) in [5, 5.41) is 2.67. The van der Waals surface area contributed by atoms with Gasteiger partial charge < -0.3 is 10.1 Å². The van der Waals surface area contributed by atoms with Crippen LogP contribution < -0.4 is 14.8 Å². The summed E-state index contributed by atoms with van der Waals surface area (Å²) in [5.41, 5.74) is 2.39. The minimum atomic E-state index is -3.93. The standard InChI is InChI=1S/C16H15ClN2O4S/c1-9-3-4-12(14(5-9)23-2)19-24(21,22)15-6-10-7-16(20)18-13(10)8-11(15)17/h3-6,8,19H,7H2,1-2H3,(H,18,20). The zero-order chi connectivity index (χ0) is 17.5. The van der Waals surface area contributed by atoms with Crippen LogP contribution in [0.2, 0.25) is 5.02 Å². The highest BCUT2D eigenvalue weighted by atomic mass is 35.5. The van der Waals surface area contributed by atoms with Gasteiger partial charge in [0.2, 0.25) is 5.91 Å². The Hall–Kier alpha value is -2.25. The van der Waals surface area contributed by atoms with E-state index in [2.05, 4.69) is 10.0 Å². The van der Waals surface area contributed by atoms with Crippen molar-refractivity contribution < 1.29 is 17.9 Å². The number of hydrogen-bond donors (Lipinski definition) is 2. The Morgan fingerprint density at radius 3 is 2.71 bits per heavy atom. The Morgan fingerprint density at radius 1 is 1.25 bits per heavy atom. The normalized spacial score (nSPS) is 13.4. The maximum Gasteiger partial charge on any atom is 0.263 e. The number of aryl methyl sites for hydroxylation is 1. The number of benzene rings is 2. The van der Waals surface area contributed by atoms with Crippen LogP contribution in [0.15, 0.2) is 35.2 Å². The number of rotatable bonds is 4. The van der Waals surface area contributed by atoms with Crippen LogP contribution in [0.5, 0.6) is 5.75 Å². The first-order chi connectivity index (χ1) is 11.3. The number of carbonyl (C=O) groups excluding carboxylic acids is 1. The van der Waals surface area contributed by atoms with Crippen molar-refractivity contribution in [3.63, 3.8) is 0 Å². The van der Waals surface area contributed by atoms with Crippen molar-refractivity contribution in [1.82, 2.24) is 0 Å². The molecule has 1 amide bonds. The Morgan fingerprint density at radius 2 is 2.00 bits per heavy atom. The first-order valence-electron chi connectivity index (χ1n) is 7.10. The third-order valence-electron chi connectivity index (χ3n) is 3.67. The Bertz CT molecular complexity index is 941. The zero-order valence-corrected chi connectivity index (χ0v) is 14.6. The Kier molecular flexibility index (Phi) is 4.15. The molecule has 3 rings (SSSR count). The predicted octanol–water partition coefficient (Wildman–Crippen LogP) is 2.95. The van der Waals surface area contributed by atoms with E-state index in [4.69, 9.17) is 16.3 Å². The number of fused-ring (bicyclic) bond motifs is 1. The van der Waals surface area contributed by atoms with Gasteiger partial charge in [-0.25, -0.2) is 8.42 Å². The van der Waals surface area contributed by atoms with Gasteiger partial charge in [0.25, 0.3) is 10.0 Å². The summed E-state index contributed by atoms with van der Waals surface area (Å²) in [6.45, 7) is 1.88. The molecule has 2 aromatic rings. The quantitative estimate of drug-likeness (QED) is 0.871. The monoisotopic (exact) mass is 366 g/mol. The van der Waals surface area contributed by atoms with Crippen molar-refractivity contribution in [1.29, 1.82) is 0 Å². The smallest absolute Gasteiger partial charge is 0.263 e. The van der Waals surface area contributed by atoms with Crippen LogP contribution in [-0.2, 0) is 21.2 Å². The molecule has 0 unspecified atom stereocenters. The summed E-state index contributed by atoms with van der Waals surface area (Å²) in [5.74, 6) is 0.219. The topological polar surface area (TPSA) is 84.5 Å². The van der Waals surface area contributed by atoms with Crippen LogP contribution in [0.4, 0.5) is 11.4 Å². The Balaban J connectivity index is 2.01. The average Bonchev–Trinajstić information content (AvgIpc) is 2.87. The number of anilines is 2. The molecule has 0 aliphatic carbocycles. The van der Waals surface area contributed by atoms with Crippen LogP contribution in [0, 0.1) is 6.92 Å². The van der Waals surface area contributed by atoms with Gasteiger partial charge in [0, 0.05) is 5.69 Å². The second kappa shape index (κ2) is 5.99. The highest BCUT2D eigenvalue weighted by molar-refractivity contribution is 7.92. The molecule has 0 atom stereocenters. The van der Waals surface area contributed by atoms with E-state index in [1.807, 2.05) is 6.92 Å². The van der Waals surface area contributed by atoms with Gasteiger partial charge in [-0.15, -0.1) is 0 Å². The van der Waals surface area contributed by atoms with E-state index in [1.165, 1.54) is 19.2 Å². The number of carbonyl (C=O) groups is 1. The maximum absolute atomic E-state index is 12.7. The van der Waals surface area contributed by atoms with Gasteiger partial charge in [-0.05, 0) is 42.3 Å². The summed E-state index contributed by atoms with van der Waals surface area (Å²) >= 11 is 6.10. The number of methoxy groups -OCH3 is 1. The number of sulfonamides is 1. The lowest BCUT2D eigenvalue weighted by Gasteiger charge is -2.14. The SMILES string of the molecule is COc1cc(C)ccc1NS(=O)(=O)c1cc2c(cc1Cl)NC(=O)C2. The van der Waals surface area contributed by atoms with Gasteiger partial charge in [-0.3, -0.25) is 9.52 Å². The highest BCUT2D eigenvalue weighted by Gasteiger charge is 2.25. The fourth-order valence-electron chi connectivity index (χ4n) is 2.51. The van der Waals surface area contributed by atoms with E-state index >= 15 is 0 Å². The average molecular weight is 367 g/mol. The summed E-state index contributed by atoms with van der Waals surface area (Å²) in [6, 6.07) is 7.98. The maximum atomic E-state index is 12.7. The lowest BCUT2D eigenvalue weighted by molar-refractivity contribution is -0.115. The molecule has 1 heterocycles. The molecule has 0 aromatic heterocycles. The molecule has 126 valence electrons. The van der Waals surface area contributed by atoms with Crippen LogP contribution in [0.25, 0.3) is 0 Å². The van der Waals surface area contributed by atoms with E-state index in [1.54, 1.807) is 18.2 Å². The van der Waals surface area contributed by atoms with Crippen molar-refractivity contribution in [3.8, 4) is 5.75 Å². The van der Waals surface area contributed by atoms with Crippen molar-refractivity contribution in [3.05, 3.63) is 46.5 Å². The van der Waals surface area contributed by atoms with Crippen LogP contribution in [0.1, 0.15) is 11.1 Å². The number of halogens is 1. The minimum absolute atomic E-state index is 0.0366. The molecule has 8 heteroatoms. The minimum Gasteiger partial charge on any atom is -0.495 e. The molecule has 0 spiro atoms. The number of amides is 1. The molecule has 0 saturated heterocycles. The van der Waals surface area contributed by atoms with Crippen LogP contribution in [-0.4, -0.2) is 21.4 Å². The second-order valence-corrected chi connectivity index (χ2v) is 7.53. The first kappa shape index (κ1) is 16.6. The first-order valence-corrected chi connectivity index (χ1v) is 8.96.